The summed E-state index contributed by atoms with van der Waals surface area (Å²) in [6.45, 7) is 0.0247. The van der Waals surface area contributed by atoms with Gasteiger partial charge in [0, 0.05) is 17.8 Å². The van der Waals surface area contributed by atoms with Crippen LogP contribution in [0.25, 0.3) is 5.69 Å². The molecule has 2 heterocycles. The topological polar surface area (TPSA) is 117 Å². The third-order valence-electron chi connectivity index (χ3n) is 8.62. The van der Waals surface area contributed by atoms with Crippen LogP contribution in [0.4, 0.5) is 18.9 Å². The predicted molar refractivity (Wildman–Crippen MR) is 144 cm³/mol. The summed E-state index contributed by atoms with van der Waals surface area (Å²) in [5.74, 6) is -1.23. The summed E-state index contributed by atoms with van der Waals surface area (Å²) in [5, 5.41) is 3.82. The highest BCUT2D eigenvalue weighted by Gasteiger charge is 2.56. The van der Waals surface area contributed by atoms with Crippen molar-refractivity contribution >= 4 is 23.5 Å². The molecule has 220 valence electrons. The summed E-state index contributed by atoms with van der Waals surface area (Å²) in [4.78, 5) is 40.5. The zero-order valence-electron chi connectivity index (χ0n) is 22.9. The van der Waals surface area contributed by atoms with Crippen LogP contribution in [0.5, 0.6) is 5.75 Å². The lowest BCUT2D eigenvalue weighted by Crippen LogP contribution is -2.47. The van der Waals surface area contributed by atoms with E-state index in [1.807, 2.05) is 0 Å². The van der Waals surface area contributed by atoms with Gasteiger partial charge in [0.05, 0.1) is 18.2 Å². The fourth-order valence-electron chi connectivity index (χ4n) is 6.06. The van der Waals surface area contributed by atoms with Gasteiger partial charge in [0.15, 0.2) is 11.3 Å². The molecule has 2 amide bonds. The van der Waals surface area contributed by atoms with E-state index in [4.69, 9.17) is 15.2 Å². The first-order chi connectivity index (χ1) is 20.0. The van der Waals surface area contributed by atoms with Gasteiger partial charge >= 0.3 is 12.1 Å². The van der Waals surface area contributed by atoms with Crippen LogP contribution in [-0.4, -0.2) is 46.8 Å². The fourth-order valence-corrected chi connectivity index (χ4v) is 6.06. The molecule has 0 bridgehead atoms. The normalized spacial score (nSPS) is 18.9. The van der Waals surface area contributed by atoms with Crippen LogP contribution < -0.4 is 15.4 Å². The Kier molecular flexibility index (Phi) is 6.54. The second kappa shape index (κ2) is 9.88. The molecule has 2 aliphatic carbocycles. The van der Waals surface area contributed by atoms with Gasteiger partial charge in [-0.1, -0.05) is 12.1 Å². The van der Waals surface area contributed by atoms with Crippen molar-refractivity contribution in [2.24, 2.45) is 5.73 Å². The number of methoxy groups -OCH3 is 1. The van der Waals surface area contributed by atoms with Gasteiger partial charge in [0.2, 0.25) is 0 Å². The zero-order valence-corrected chi connectivity index (χ0v) is 22.9. The van der Waals surface area contributed by atoms with Crippen molar-refractivity contribution in [3.05, 3.63) is 71.0 Å². The minimum absolute atomic E-state index is 0.0247. The number of halogens is 3. The van der Waals surface area contributed by atoms with Crippen molar-refractivity contribution in [3.8, 4) is 11.4 Å². The van der Waals surface area contributed by atoms with Gasteiger partial charge < -0.3 is 20.1 Å². The van der Waals surface area contributed by atoms with Crippen LogP contribution in [0.15, 0.2) is 48.5 Å². The maximum Gasteiger partial charge on any atom is 0.435 e. The number of rotatable bonds is 7. The van der Waals surface area contributed by atoms with Crippen molar-refractivity contribution < 1.29 is 37.0 Å². The Labute approximate surface area is 239 Å². The Bertz CT molecular complexity index is 1550. The summed E-state index contributed by atoms with van der Waals surface area (Å²) in [5.41, 5.74) is 3.49. The molecule has 0 spiro atoms. The number of carbonyl (C=O) groups excluding carboxylic acids is 3. The number of hydrogen-bond acceptors (Lipinski definition) is 6. The van der Waals surface area contributed by atoms with E-state index in [0.29, 0.717) is 48.4 Å². The number of fused-ring (bicyclic) bond motifs is 1. The molecule has 1 aromatic heterocycles. The molecular formula is C30H29F3N4O5. The van der Waals surface area contributed by atoms with E-state index >= 15 is 0 Å². The summed E-state index contributed by atoms with van der Waals surface area (Å²) in [6.07, 6.45) is -1.35. The first-order valence-electron chi connectivity index (χ1n) is 13.8. The summed E-state index contributed by atoms with van der Waals surface area (Å²) >= 11 is 0. The lowest BCUT2D eigenvalue weighted by Gasteiger charge is -2.29. The minimum Gasteiger partial charge on any atom is -0.497 e. The number of ether oxygens (including phenoxy) is 2. The van der Waals surface area contributed by atoms with Gasteiger partial charge in [-0.2, -0.15) is 18.3 Å². The van der Waals surface area contributed by atoms with Crippen LogP contribution in [-0.2, 0) is 32.3 Å². The SMILES string of the molecule is COc1ccc(-n2nc(C(F)(F)F)c3c2C(=O)N(c2ccc(C4(C(=O)OC5(C(N)=O)CCCC5)CC4)cc2)CC3)cc1. The van der Waals surface area contributed by atoms with Gasteiger partial charge in [-0.25, -0.2) is 4.68 Å². The number of benzene rings is 2. The van der Waals surface area contributed by atoms with Crippen molar-refractivity contribution in [1.82, 2.24) is 9.78 Å². The number of primary amides is 1. The molecule has 0 saturated heterocycles. The predicted octanol–water partition coefficient (Wildman–Crippen LogP) is 4.48. The highest BCUT2D eigenvalue weighted by molar-refractivity contribution is 6.07. The smallest absolute Gasteiger partial charge is 0.435 e. The fraction of sp³-hybridized carbons (Fsp3) is 0.400. The van der Waals surface area contributed by atoms with Crippen molar-refractivity contribution in [3.63, 3.8) is 0 Å². The molecule has 42 heavy (non-hydrogen) atoms. The first-order valence-corrected chi connectivity index (χ1v) is 13.8. The van der Waals surface area contributed by atoms with Crippen LogP contribution in [0, 0.1) is 0 Å². The summed E-state index contributed by atoms with van der Waals surface area (Å²) in [6, 6.07) is 13.0. The Morgan fingerprint density at radius 2 is 1.57 bits per heavy atom. The molecule has 0 atom stereocenters. The number of esters is 1. The average molecular weight is 583 g/mol. The Balaban J connectivity index is 1.28. The van der Waals surface area contributed by atoms with Gasteiger partial charge in [-0.15, -0.1) is 0 Å². The molecule has 1 aliphatic heterocycles. The number of hydrogen-bond donors (Lipinski definition) is 1. The number of aromatic nitrogens is 2. The molecule has 0 radical (unpaired) electrons. The minimum atomic E-state index is -4.73. The number of alkyl halides is 3. The number of nitrogens with two attached hydrogens (primary N) is 1. The second-order valence-corrected chi connectivity index (χ2v) is 11.1. The standard InChI is InChI=1S/C30H29F3N4O5/c1-41-21-10-8-20(9-11-21)37-23-22(24(35-37)30(31,32)33)12-17-36(25(23)38)19-6-4-18(5-7-19)28(15-16-28)27(40)42-29(26(34)39)13-2-3-14-29/h4-11H,2-3,12-17H2,1H3,(H2,34,39). The molecule has 9 nitrogen and oxygen atoms in total. The van der Waals surface area contributed by atoms with Gasteiger partial charge in [0.1, 0.15) is 11.4 Å². The Hall–Kier alpha value is -4.35. The van der Waals surface area contributed by atoms with Crippen LogP contribution in [0.3, 0.4) is 0 Å². The van der Waals surface area contributed by atoms with Crippen molar-refractivity contribution in [2.45, 2.75) is 62.1 Å². The van der Waals surface area contributed by atoms with Gasteiger partial charge in [-0.3, -0.25) is 14.4 Å². The summed E-state index contributed by atoms with van der Waals surface area (Å²) < 4.78 is 53.7. The maximum absolute atomic E-state index is 13.9. The van der Waals surface area contributed by atoms with E-state index in [1.54, 1.807) is 36.4 Å². The Morgan fingerprint density at radius 3 is 2.12 bits per heavy atom. The molecule has 6 rings (SSSR count). The summed E-state index contributed by atoms with van der Waals surface area (Å²) in [7, 11) is 1.47. The molecule has 2 N–H and O–H groups in total. The van der Waals surface area contributed by atoms with E-state index in [1.165, 1.54) is 24.1 Å². The van der Waals surface area contributed by atoms with Crippen LogP contribution >= 0.6 is 0 Å². The van der Waals surface area contributed by atoms with Gasteiger partial charge in [-0.05, 0) is 86.9 Å². The molecule has 2 fully saturated rings. The molecule has 2 aromatic carbocycles. The monoisotopic (exact) mass is 582 g/mol. The average Bonchev–Trinajstić information content (AvgIpc) is 3.46. The largest absolute Gasteiger partial charge is 0.497 e. The molecule has 12 heteroatoms. The maximum atomic E-state index is 13.9. The number of nitrogens with zero attached hydrogens (tertiary/aromatic N) is 3. The van der Waals surface area contributed by atoms with E-state index in [9.17, 15) is 27.6 Å². The first kappa shape index (κ1) is 27.8. The highest BCUT2D eigenvalue weighted by atomic mass is 19.4. The van der Waals surface area contributed by atoms with Crippen LogP contribution in [0.2, 0.25) is 0 Å². The lowest BCUT2D eigenvalue weighted by atomic mass is 9.94. The molecule has 2 saturated carbocycles. The van der Waals surface area contributed by atoms with Crippen molar-refractivity contribution in [1.29, 1.82) is 0 Å². The second-order valence-electron chi connectivity index (χ2n) is 11.1. The number of carbonyl (C=O) groups is 3. The molecule has 3 aromatic rings. The zero-order chi connectivity index (χ0) is 29.9. The van der Waals surface area contributed by atoms with Crippen molar-refractivity contribution in [2.75, 3.05) is 18.6 Å². The Morgan fingerprint density at radius 1 is 0.952 bits per heavy atom. The lowest BCUT2D eigenvalue weighted by molar-refractivity contribution is -0.169. The number of amides is 2. The van der Waals surface area contributed by atoms with Crippen LogP contribution in [0.1, 0.15) is 65.8 Å². The van der Waals surface area contributed by atoms with E-state index in [-0.39, 0.29) is 24.2 Å². The highest BCUT2D eigenvalue weighted by Crippen LogP contribution is 2.51. The van der Waals surface area contributed by atoms with E-state index in [2.05, 4.69) is 5.10 Å². The number of anilines is 1. The van der Waals surface area contributed by atoms with E-state index in [0.717, 1.165) is 17.5 Å². The van der Waals surface area contributed by atoms with E-state index < -0.39 is 40.7 Å². The van der Waals surface area contributed by atoms with Gasteiger partial charge in [0.25, 0.3) is 11.8 Å². The molecular weight excluding hydrogens is 553 g/mol. The third-order valence-corrected chi connectivity index (χ3v) is 8.62. The molecule has 3 aliphatic rings. The third kappa shape index (κ3) is 4.49. The quantitative estimate of drug-likeness (QED) is 0.411. The molecule has 0 unspecified atom stereocenters.